The van der Waals surface area contributed by atoms with Gasteiger partial charge in [0.05, 0.1) is 25.8 Å². The lowest BCUT2D eigenvalue weighted by Gasteiger charge is -2.30. The van der Waals surface area contributed by atoms with Gasteiger partial charge in [0.25, 0.3) is 5.91 Å². The van der Waals surface area contributed by atoms with Crippen LogP contribution in [0, 0.1) is 0 Å². The first-order chi connectivity index (χ1) is 19.2. The van der Waals surface area contributed by atoms with Crippen LogP contribution in [0.4, 0.5) is 5.69 Å². The Morgan fingerprint density at radius 3 is 2.54 bits per heavy atom. The first-order valence-electron chi connectivity index (χ1n) is 14.3. The van der Waals surface area contributed by atoms with Crippen LogP contribution < -0.4 is 10.2 Å². The molecule has 0 saturated carbocycles. The standard InChI is InChI=1S/C28H27N3O4/c32-25-11-10-24(27(33)29-25)31-23-9-8-20(21-2-1-3-22(26(21)23)28(31)34)16-18-4-6-19(7-5-18)17-30-12-14-35-15-13-30/h1-9,24H,10-17H2,(H,29,32,33)/i1D,2D,3D,8D,9D. The maximum atomic E-state index is 13.7. The Balaban J connectivity index is 1.44. The molecular formula is C28H27N3O4. The number of hydrogen-bond acceptors (Lipinski definition) is 5. The second kappa shape index (κ2) is 8.91. The zero-order valence-corrected chi connectivity index (χ0v) is 19.1. The first kappa shape index (κ1) is 17.0. The minimum absolute atomic E-state index is 0.00147. The van der Waals surface area contributed by atoms with Crippen molar-refractivity contribution in [2.45, 2.75) is 31.8 Å². The molecule has 0 aliphatic carbocycles. The zero-order valence-electron chi connectivity index (χ0n) is 24.1. The van der Waals surface area contributed by atoms with E-state index in [9.17, 15) is 14.4 Å². The monoisotopic (exact) mass is 474 g/mol. The summed E-state index contributed by atoms with van der Waals surface area (Å²) in [4.78, 5) is 41.5. The predicted octanol–water partition coefficient (Wildman–Crippen LogP) is 3.03. The van der Waals surface area contributed by atoms with Gasteiger partial charge in [0.15, 0.2) is 0 Å². The van der Waals surface area contributed by atoms with Gasteiger partial charge < -0.3 is 4.74 Å². The van der Waals surface area contributed by atoms with Gasteiger partial charge >= 0.3 is 0 Å². The first-order valence-corrected chi connectivity index (χ1v) is 11.8. The molecule has 35 heavy (non-hydrogen) atoms. The van der Waals surface area contributed by atoms with Crippen molar-refractivity contribution < 1.29 is 26.0 Å². The highest BCUT2D eigenvalue weighted by atomic mass is 16.5. The second-order valence-electron chi connectivity index (χ2n) is 9.10. The summed E-state index contributed by atoms with van der Waals surface area (Å²) in [5.41, 5.74) is 2.12. The molecule has 6 rings (SSSR count). The number of nitrogens with zero attached hydrogens (tertiary/aromatic N) is 2. The van der Waals surface area contributed by atoms with Crippen LogP contribution >= 0.6 is 0 Å². The number of morpholine rings is 1. The van der Waals surface area contributed by atoms with Gasteiger partial charge in [0.2, 0.25) is 11.8 Å². The molecule has 0 aromatic heterocycles. The van der Waals surface area contributed by atoms with Crippen LogP contribution in [-0.4, -0.2) is 55.0 Å². The lowest BCUT2D eigenvalue weighted by atomic mass is 9.95. The van der Waals surface area contributed by atoms with Gasteiger partial charge in [-0.2, -0.15) is 0 Å². The number of anilines is 1. The van der Waals surface area contributed by atoms with E-state index in [2.05, 4.69) is 10.2 Å². The van der Waals surface area contributed by atoms with Crippen molar-refractivity contribution in [2.75, 3.05) is 31.2 Å². The summed E-state index contributed by atoms with van der Waals surface area (Å²) in [5.74, 6) is -1.89. The maximum absolute atomic E-state index is 13.7. The van der Waals surface area contributed by atoms with Crippen LogP contribution in [0.3, 0.4) is 0 Å². The summed E-state index contributed by atoms with van der Waals surface area (Å²) < 4.78 is 48.8. The lowest BCUT2D eigenvalue weighted by molar-refractivity contribution is -0.134. The summed E-state index contributed by atoms with van der Waals surface area (Å²) in [5, 5.41) is 2.55. The number of ether oxygens (including phenoxy) is 1. The van der Waals surface area contributed by atoms with Gasteiger partial charge in [0.1, 0.15) is 6.04 Å². The molecule has 0 radical (unpaired) electrons. The lowest BCUT2D eigenvalue weighted by Crippen LogP contribution is -2.53. The Hall–Kier alpha value is -3.55. The molecule has 3 amide bonds. The molecule has 7 heteroatoms. The minimum Gasteiger partial charge on any atom is -0.379 e. The zero-order chi connectivity index (χ0) is 28.3. The summed E-state index contributed by atoms with van der Waals surface area (Å²) >= 11 is 0. The van der Waals surface area contributed by atoms with E-state index in [4.69, 9.17) is 11.6 Å². The SMILES string of the molecule is [2H]c1c([2H])c2c3c(c([2H])c([2H])c(Cc4ccc(CN5CCOCC5)cc4)c3c1[2H])N(C1CCC(=O)NC1=O)C2=O. The third kappa shape index (κ3) is 4.00. The number of imide groups is 1. The number of carbonyl (C=O) groups excluding carboxylic acids is 3. The Morgan fingerprint density at radius 2 is 1.77 bits per heavy atom. The van der Waals surface area contributed by atoms with Crippen LogP contribution in [0.25, 0.3) is 10.8 Å². The van der Waals surface area contributed by atoms with E-state index in [0.717, 1.165) is 35.7 Å². The average molecular weight is 475 g/mol. The molecule has 3 heterocycles. The number of benzene rings is 3. The molecule has 0 spiro atoms. The molecular weight excluding hydrogens is 442 g/mol. The van der Waals surface area contributed by atoms with E-state index in [1.807, 2.05) is 24.3 Å². The molecule has 2 saturated heterocycles. The van der Waals surface area contributed by atoms with Gasteiger partial charge in [-0.1, -0.05) is 42.4 Å². The topological polar surface area (TPSA) is 79.0 Å². The Morgan fingerprint density at radius 1 is 1.00 bits per heavy atom. The van der Waals surface area contributed by atoms with Gasteiger partial charge in [-0.25, -0.2) is 0 Å². The van der Waals surface area contributed by atoms with Crippen molar-refractivity contribution in [2.24, 2.45) is 0 Å². The van der Waals surface area contributed by atoms with Crippen LogP contribution in [0.5, 0.6) is 0 Å². The molecule has 3 aliphatic heterocycles. The van der Waals surface area contributed by atoms with E-state index < -0.39 is 35.8 Å². The van der Waals surface area contributed by atoms with E-state index in [-0.39, 0.29) is 59.4 Å². The third-order valence-corrected chi connectivity index (χ3v) is 6.85. The predicted molar refractivity (Wildman–Crippen MR) is 132 cm³/mol. The summed E-state index contributed by atoms with van der Waals surface area (Å²) in [6.07, 6.45) is 0.224. The second-order valence-corrected chi connectivity index (χ2v) is 9.10. The van der Waals surface area contributed by atoms with Crippen molar-refractivity contribution in [3.05, 3.63) is 76.7 Å². The fourth-order valence-electron chi connectivity index (χ4n) is 5.03. The molecule has 3 aliphatic rings. The minimum atomic E-state index is -1.10. The molecule has 1 atom stereocenters. The molecule has 3 aromatic rings. The van der Waals surface area contributed by atoms with Crippen molar-refractivity contribution in [1.29, 1.82) is 0 Å². The fraction of sp³-hybridized carbons (Fsp3) is 0.321. The number of hydrogen-bond donors (Lipinski definition) is 1. The maximum Gasteiger partial charge on any atom is 0.259 e. The van der Waals surface area contributed by atoms with Crippen molar-refractivity contribution in [1.82, 2.24) is 10.2 Å². The Labute approximate surface area is 210 Å². The number of amides is 3. The molecule has 2 fully saturated rings. The van der Waals surface area contributed by atoms with E-state index in [1.165, 1.54) is 0 Å². The quantitative estimate of drug-likeness (QED) is 0.575. The number of nitrogens with one attached hydrogen (secondary N) is 1. The van der Waals surface area contributed by atoms with Crippen LogP contribution in [0.1, 0.15) is 46.7 Å². The summed E-state index contributed by atoms with van der Waals surface area (Å²) in [6, 6.07) is 5.08. The molecule has 1 N–H and O–H groups in total. The Kier molecular flexibility index (Phi) is 4.32. The van der Waals surface area contributed by atoms with Gasteiger partial charge in [-0.05, 0) is 47.0 Å². The highest BCUT2D eigenvalue weighted by Crippen LogP contribution is 2.41. The van der Waals surface area contributed by atoms with Crippen LogP contribution in [-0.2, 0) is 27.3 Å². The molecule has 178 valence electrons. The highest BCUT2D eigenvalue weighted by Gasteiger charge is 2.40. The normalized spacial score (nSPS) is 22.5. The molecule has 3 aromatic carbocycles. The van der Waals surface area contributed by atoms with Crippen LogP contribution in [0.2, 0.25) is 0 Å². The molecule has 1 unspecified atom stereocenters. The number of piperidine rings is 1. The highest BCUT2D eigenvalue weighted by molar-refractivity contribution is 6.27. The summed E-state index contributed by atoms with van der Waals surface area (Å²) in [6.45, 7) is 3.94. The Bertz CT molecular complexity index is 1590. The van der Waals surface area contributed by atoms with Crippen molar-refractivity contribution >= 4 is 34.2 Å². The van der Waals surface area contributed by atoms with Gasteiger partial charge in [-0.15, -0.1) is 0 Å². The number of carbonyl (C=O) groups is 3. The summed E-state index contributed by atoms with van der Waals surface area (Å²) in [7, 11) is 0. The molecule has 7 nitrogen and oxygen atoms in total. The largest absolute Gasteiger partial charge is 0.379 e. The smallest absolute Gasteiger partial charge is 0.259 e. The average Bonchev–Trinajstić information content (AvgIpc) is 3.24. The third-order valence-electron chi connectivity index (χ3n) is 6.85. The van der Waals surface area contributed by atoms with Crippen LogP contribution in [0.15, 0.2) is 54.5 Å². The van der Waals surface area contributed by atoms with E-state index >= 15 is 0 Å². The molecule has 0 bridgehead atoms. The van der Waals surface area contributed by atoms with Gasteiger partial charge in [-0.3, -0.25) is 29.5 Å². The van der Waals surface area contributed by atoms with Crippen molar-refractivity contribution in [3.8, 4) is 0 Å². The number of rotatable bonds is 5. The fourth-order valence-corrected chi connectivity index (χ4v) is 5.03. The van der Waals surface area contributed by atoms with E-state index in [1.54, 1.807) is 0 Å². The van der Waals surface area contributed by atoms with Crippen molar-refractivity contribution in [3.63, 3.8) is 0 Å². The van der Waals surface area contributed by atoms with E-state index in [0.29, 0.717) is 18.8 Å². The van der Waals surface area contributed by atoms with Gasteiger partial charge in [0, 0.05) is 37.0 Å².